The van der Waals surface area contributed by atoms with Crippen molar-refractivity contribution in [2.45, 2.75) is 19.3 Å². The molecule has 0 bridgehead atoms. The Kier molecular flexibility index (Phi) is 6.52. The number of thiazole rings is 1. The van der Waals surface area contributed by atoms with E-state index in [-0.39, 0.29) is 23.5 Å². The lowest BCUT2D eigenvalue weighted by Crippen LogP contribution is -2.46. The zero-order chi connectivity index (χ0) is 19.2. The van der Waals surface area contributed by atoms with E-state index in [2.05, 4.69) is 10.3 Å². The fourth-order valence-electron chi connectivity index (χ4n) is 3.17. The zero-order valence-corrected chi connectivity index (χ0v) is 15.8. The maximum absolute atomic E-state index is 13.8. The summed E-state index contributed by atoms with van der Waals surface area (Å²) in [6, 6.07) is 6.56. The van der Waals surface area contributed by atoms with Crippen LogP contribution in [-0.4, -0.2) is 47.9 Å². The molecular weight excluding hydrogens is 367 g/mol. The number of amides is 2. The lowest BCUT2D eigenvalue weighted by atomic mass is 9.97. The quantitative estimate of drug-likeness (QED) is 0.787. The molecule has 27 heavy (non-hydrogen) atoms. The second kappa shape index (κ2) is 9.05. The number of hydrogen-bond acceptors (Lipinski definition) is 5. The van der Waals surface area contributed by atoms with Crippen LogP contribution in [0.5, 0.6) is 0 Å². The predicted octanol–water partition coefficient (Wildman–Crippen LogP) is 1.80. The highest BCUT2D eigenvalue weighted by Gasteiger charge is 2.29. The molecule has 1 aromatic carbocycles. The molecule has 2 heterocycles. The monoisotopic (exact) mass is 390 g/mol. The van der Waals surface area contributed by atoms with Crippen molar-refractivity contribution in [3.05, 3.63) is 51.7 Å². The van der Waals surface area contributed by atoms with Gasteiger partial charge in [0.2, 0.25) is 5.91 Å². The Hall–Kier alpha value is -2.32. The van der Waals surface area contributed by atoms with E-state index < -0.39 is 0 Å². The Balaban J connectivity index is 1.63. The van der Waals surface area contributed by atoms with Gasteiger partial charge in [-0.15, -0.1) is 11.3 Å². The first kappa shape index (κ1) is 19.4. The molecule has 1 unspecified atom stereocenters. The molecule has 3 rings (SSSR count). The number of nitrogens with two attached hydrogens (primary N) is 1. The number of carbonyl (C=O) groups is 2. The second-order valence-electron chi connectivity index (χ2n) is 6.56. The minimum atomic E-state index is -0.275. The maximum atomic E-state index is 13.8. The summed E-state index contributed by atoms with van der Waals surface area (Å²) >= 11 is 1.35. The van der Waals surface area contributed by atoms with Crippen LogP contribution in [0.3, 0.4) is 0 Å². The van der Waals surface area contributed by atoms with Crippen LogP contribution in [0.4, 0.5) is 4.39 Å². The Bertz CT molecular complexity index is 811. The molecule has 0 spiro atoms. The molecule has 1 saturated heterocycles. The van der Waals surface area contributed by atoms with Crippen LogP contribution in [0.2, 0.25) is 0 Å². The summed E-state index contributed by atoms with van der Waals surface area (Å²) in [5.41, 5.74) is 6.33. The summed E-state index contributed by atoms with van der Waals surface area (Å²) in [5.74, 6) is -0.729. The molecule has 8 heteroatoms. The van der Waals surface area contributed by atoms with Crippen LogP contribution in [0.1, 0.15) is 33.9 Å². The summed E-state index contributed by atoms with van der Waals surface area (Å²) in [5, 5.41) is 5.18. The molecule has 1 aliphatic heterocycles. The molecule has 1 atom stereocenters. The van der Waals surface area contributed by atoms with Gasteiger partial charge in [0.25, 0.3) is 5.91 Å². The van der Waals surface area contributed by atoms with Crippen molar-refractivity contribution < 1.29 is 14.0 Å². The molecule has 1 aromatic heterocycles. The van der Waals surface area contributed by atoms with Crippen molar-refractivity contribution in [3.8, 4) is 0 Å². The number of carbonyl (C=O) groups excluding carboxylic acids is 2. The van der Waals surface area contributed by atoms with Gasteiger partial charge >= 0.3 is 0 Å². The van der Waals surface area contributed by atoms with Gasteiger partial charge in [-0.05, 0) is 24.5 Å². The third kappa shape index (κ3) is 4.90. The number of aromatic nitrogens is 1. The van der Waals surface area contributed by atoms with Gasteiger partial charge in [0.15, 0.2) is 0 Å². The zero-order valence-electron chi connectivity index (χ0n) is 15.0. The van der Waals surface area contributed by atoms with E-state index in [1.165, 1.54) is 17.4 Å². The van der Waals surface area contributed by atoms with Crippen LogP contribution in [0.15, 0.2) is 29.6 Å². The Labute approximate surface area is 161 Å². The summed E-state index contributed by atoms with van der Waals surface area (Å²) in [7, 11) is 0. The van der Waals surface area contributed by atoms with Crippen LogP contribution in [0, 0.1) is 11.7 Å². The van der Waals surface area contributed by atoms with E-state index in [0.29, 0.717) is 48.9 Å². The van der Waals surface area contributed by atoms with Crippen LogP contribution >= 0.6 is 11.3 Å². The van der Waals surface area contributed by atoms with E-state index in [9.17, 15) is 14.0 Å². The smallest absolute Gasteiger partial charge is 0.273 e. The molecule has 0 radical (unpaired) electrons. The molecule has 0 aliphatic carbocycles. The van der Waals surface area contributed by atoms with Crippen LogP contribution in [0.25, 0.3) is 0 Å². The summed E-state index contributed by atoms with van der Waals surface area (Å²) in [6.07, 6.45) is 1.89. The van der Waals surface area contributed by atoms with Crippen molar-refractivity contribution in [1.29, 1.82) is 0 Å². The number of halogens is 1. The highest BCUT2D eigenvalue weighted by Crippen LogP contribution is 2.21. The minimum absolute atomic E-state index is 0.0588. The molecule has 144 valence electrons. The minimum Gasteiger partial charge on any atom is -0.355 e. The van der Waals surface area contributed by atoms with Crippen molar-refractivity contribution in [1.82, 2.24) is 15.2 Å². The number of nitrogens with one attached hydrogen (secondary N) is 1. The Morgan fingerprint density at radius 1 is 1.37 bits per heavy atom. The fraction of sp³-hybridized carbons (Fsp3) is 0.421. The number of piperidine rings is 1. The van der Waals surface area contributed by atoms with Gasteiger partial charge in [-0.25, -0.2) is 9.37 Å². The van der Waals surface area contributed by atoms with Gasteiger partial charge in [-0.2, -0.15) is 0 Å². The van der Waals surface area contributed by atoms with Gasteiger partial charge in [-0.3, -0.25) is 9.59 Å². The lowest BCUT2D eigenvalue weighted by molar-refractivity contribution is -0.126. The lowest BCUT2D eigenvalue weighted by Gasteiger charge is -2.31. The Morgan fingerprint density at radius 3 is 2.96 bits per heavy atom. The highest BCUT2D eigenvalue weighted by atomic mass is 32.1. The summed E-state index contributed by atoms with van der Waals surface area (Å²) in [4.78, 5) is 31.0. The van der Waals surface area contributed by atoms with E-state index in [0.717, 1.165) is 12.8 Å². The molecule has 2 aromatic rings. The van der Waals surface area contributed by atoms with Gasteiger partial charge in [0, 0.05) is 38.0 Å². The number of likely N-dealkylation sites (tertiary alicyclic amines) is 1. The van der Waals surface area contributed by atoms with Gasteiger partial charge in [0.05, 0.1) is 10.9 Å². The highest BCUT2D eigenvalue weighted by molar-refractivity contribution is 7.09. The number of benzene rings is 1. The summed E-state index contributed by atoms with van der Waals surface area (Å²) in [6.45, 7) is 1.83. The molecule has 3 N–H and O–H groups in total. The molecule has 1 fully saturated rings. The van der Waals surface area contributed by atoms with Crippen molar-refractivity contribution in [2.24, 2.45) is 11.7 Å². The Morgan fingerprint density at radius 2 is 2.19 bits per heavy atom. The molecule has 0 saturated carbocycles. The molecule has 1 aliphatic rings. The maximum Gasteiger partial charge on any atom is 0.273 e. The van der Waals surface area contributed by atoms with E-state index >= 15 is 0 Å². The largest absolute Gasteiger partial charge is 0.355 e. The number of hydrogen-bond donors (Lipinski definition) is 2. The predicted molar refractivity (Wildman–Crippen MR) is 102 cm³/mol. The van der Waals surface area contributed by atoms with Crippen molar-refractivity contribution >= 4 is 23.2 Å². The van der Waals surface area contributed by atoms with Crippen molar-refractivity contribution in [3.63, 3.8) is 0 Å². The first-order valence-electron chi connectivity index (χ1n) is 9.03. The molecular formula is C19H23FN4O2S. The van der Waals surface area contributed by atoms with E-state index in [1.807, 2.05) is 0 Å². The second-order valence-corrected chi connectivity index (χ2v) is 7.51. The average Bonchev–Trinajstić information content (AvgIpc) is 3.16. The van der Waals surface area contributed by atoms with Gasteiger partial charge < -0.3 is 16.0 Å². The SMILES string of the molecule is NCCNC(=O)C1CCCN(C(=O)c2csc(Cc3ccccc3F)n2)C1. The van der Waals surface area contributed by atoms with E-state index in [1.54, 1.807) is 28.5 Å². The third-order valence-corrected chi connectivity index (χ3v) is 5.44. The van der Waals surface area contributed by atoms with Gasteiger partial charge in [0.1, 0.15) is 11.5 Å². The standard InChI is InChI=1S/C19H23FN4O2S/c20-15-6-2-1-4-13(15)10-17-23-16(12-27-17)19(26)24-9-3-5-14(11-24)18(25)22-8-7-21/h1-2,4,6,12,14H,3,5,7-11,21H2,(H,22,25). The number of nitrogens with zero attached hydrogens (tertiary/aromatic N) is 2. The third-order valence-electron chi connectivity index (χ3n) is 4.59. The van der Waals surface area contributed by atoms with Gasteiger partial charge in [-0.1, -0.05) is 18.2 Å². The van der Waals surface area contributed by atoms with Crippen LogP contribution < -0.4 is 11.1 Å². The first-order chi connectivity index (χ1) is 13.1. The topological polar surface area (TPSA) is 88.3 Å². The average molecular weight is 390 g/mol. The van der Waals surface area contributed by atoms with E-state index in [4.69, 9.17) is 5.73 Å². The molecule has 2 amide bonds. The van der Waals surface area contributed by atoms with Crippen molar-refractivity contribution in [2.75, 3.05) is 26.2 Å². The van der Waals surface area contributed by atoms with Crippen LogP contribution in [-0.2, 0) is 11.2 Å². The first-order valence-corrected chi connectivity index (χ1v) is 9.91. The normalized spacial score (nSPS) is 17.0. The fourth-order valence-corrected chi connectivity index (χ4v) is 3.96. The number of rotatable bonds is 6. The summed E-state index contributed by atoms with van der Waals surface area (Å²) < 4.78 is 13.8. The molecule has 6 nitrogen and oxygen atoms in total.